The van der Waals surface area contributed by atoms with Crippen LogP contribution < -0.4 is 16.1 Å². The van der Waals surface area contributed by atoms with Crippen LogP contribution in [0.3, 0.4) is 0 Å². The van der Waals surface area contributed by atoms with Crippen molar-refractivity contribution in [2.45, 2.75) is 0 Å². The number of primary amides is 1. The van der Waals surface area contributed by atoms with Gasteiger partial charge in [-0.1, -0.05) is 0 Å². The van der Waals surface area contributed by atoms with E-state index in [9.17, 15) is 18.4 Å². The van der Waals surface area contributed by atoms with Crippen molar-refractivity contribution >= 4 is 16.9 Å². The largest absolute Gasteiger partial charge is 0.491 e. The van der Waals surface area contributed by atoms with Gasteiger partial charge in [-0.25, -0.2) is 9.18 Å². The van der Waals surface area contributed by atoms with Crippen LogP contribution in [0.5, 0.6) is 5.75 Å². The lowest BCUT2D eigenvalue weighted by Gasteiger charge is -2.06. The number of nitrogens with two attached hydrogens (primary N) is 1. The molecule has 0 saturated carbocycles. The molecular weight excluding hydrogens is 248 g/mol. The first kappa shape index (κ1) is 12.0. The molecule has 2 N–H and O–H groups in total. The van der Waals surface area contributed by atoms with Crippen LogP contribution >= 0.6 is 0 Å². The van der Waals surface area contributed by atoms with Gasteiger partial charge < -0.3 is 14.9 Å². The summed E-state index contributed by atoms with van der Waals surface area (Å²) in [4.78, 5) is 22.3. The Hall–Kier alpha value is -2.44. The first-order valence-electron chi connectivity index (χ1n) is 4.75. The number of carbonyl (C=O) groups is 1. The van der Waals surface area contributed by atoms with E-state index in [1.807, 2.05) is 0 Å². The van der Waals surface area contributed by atoms with Gasteiger partial charge in [0.1, 0.15) is 5.56 Å². The minimum Gasteiger partial charge on any atom is -0.491 e. The Morgan fingerprint density at radius 1 is 1.39 bits per heavy atom. The Labute approximate surface area is 98.8 Å². The predicted octanol–water partition coefficient (Wildman–Crippen LogP) is 1.18. The van der Waals surface area contributed by atoms with Gasteiger partial charge in [0.05, 0.1) is 7.11 Å². The standard InChI is InChI=1S/C11H7F2NO4/c1-17-9-6(12)3-4-2-5(10(14)15)11(16)18-8(4)7(9)13/h2-3H,1H3,(H2,14,15). The fraction of sp³-hybridized carbons (Fsp3) is 0.0909. The SMILES string of the molecule is COc1c(F)cc2cc(C(N)=O)c(=O)oc2c1F. The summed E-state index contributed by atoms with van der Waals surface area (Å²) in [5.74, 6) is -3.84. The molecule has 0 saturated heterocycles. The highest BCUT2D eigenvalue weighted by Crippen LogP contribution is 2.29. The topological polar surface area (TPSA) is 82.5 Å². The predicted molar refractivity (Wildman–Crippen MR) is 57.5 cm³/mol. The Morgan fingerprint density at radius 3 is 2.61 bits per heavy atom. The number of benzene rings is 1. The fourth-order valence-electron chi connectivity index (χ4n) is 1.53. The molecule has 0 bridgehead atoms. The fourth-order valence-corrected chi connectivity index (χ4v) is 1.53. The summed E-state index contributed by atoms with van der Waals surface area (Å²) in [6.45, 7) is 0. The molecular formula is C11H7F2NO4. The third-order valence-electron chi connectivity index (χ3n) is 2.34. The lowest BCUT2D eigenvalue weighted by Crippen LogP contribution is -2.20. The van der Waals surface area contributed by atoms with Gasteiger partial charge >= 0.3 is 5.63 Å². The maximum absolute atomic E-state index is 13.7. The highest BCUT2D eigenvalue weighted by molar-refractivity contribution is 5.95. The van der Waals surface area contributed by atoms with Gasteiger partial charge in [-0.2, -0.15) is 4.39 Å². The quantitative estimate of drug-likeness (QED) is 0.817. The summed E-state index contributed by atoms with van der Waals surface area (Å²) < 4.78 is 36.2. The van der Waals surface area contributed by atoms with Crippen LogP contribution in [0.4, 0.5) is 8.78 Å². The summed E-state index contributed by atoms with van der Waals surface area (Å²) in [7, 11) is 1.07. The van der Waals surface area contributed by atoms with Gasteiger partial charge in [0.15, 0.2) is 17.1 Å². The lowest BCUT2D eigenvalue weighted by atomic mass is 10.1. The van der Waals surface area contributed by atoms with Crippen molar-refractivity contribution in [1.29, 1.82) is 0 Å². The van der Waals surface area contributed by atoms with E-state index in [0.717, 1.165) is 19.2 Å². The Kier molecular flexibility index (Phi) is 2.74. The molecule has 1 amide bonds. The van der Waals surface area contributed by atoms with Crippen LogP contribution in [-0.4, -0.2) is 13.0 Å². The van der Waals surface area contributed by atoms with Crippen LogP contribution in [0, 0.1) is 11.6 Å². The molecule has 0 aliphatic rings. The zero-order valence-electron chi connectivity index (χ0n) is 9.12. The van der Waals surface area contributed by atoms with Crippen molar-refractivity contribution in [1.82, 2.24) is 0 Å². The van der Waals surface area contributed by atoms with Crippen molar-refractivity contribution in [3.8, 4) is 5.75 Å². The van der Waals surface area contributed by atoms with Crippen molar-refractivity contribution in [2.24, 2.45) is 5.73 Å². The number of hydrogen-bond acceptors (Lipinski definition) is 4. The van der Waals surface area contributed by atoms with E-state index >= 15 is 0 Å². The minimum atomic E-state index is -1.15. The molecule has 1 aromatic heterocycles. The molecule has 2 rings (SSSR count). The van der Waals surface area contributed by atoms with Crippen LogP contribution in [0.15, 0.2) is 21.3 Å². The smallest absolute Gasteiger partial charge is 0.349 e. The molecule has 0 spiro atoms. The van der Waals surface area contributed by atoms with Gasteiger partial charge in [-0.15, -0.1) is 0 Å². The van der Waals surface area contributed by atoms with Gasteiger partial charge in [0, 0.05) is 5.39 Å². The Bertz CT molecular complexity index is 708. The molecule has 0 aliphatic carbocycles. The van der Waals surface area contributed by atoms with Crippen molar-refractivity contribution in [3.63, 3.8) is 0 Å². The highest BCUT2D eigenvalue weighted by Gasteiger charge is 2.19. The average molecular weight is 255 g/mol. The maximum Gasteiger partial charge on any atom is 0.349 e. The third kappa shape index (κ3) is 1.69. The molecule has 18 heavy (non-hydrogen) atoms. The van der Waals surface area contributed by atoms with Crippen LogP contribution in [0.1, 0.15) is 10.4 Å². The molecule has 1 heterocycles. The van der Waals surface area contributed by atoms with E-state index in [4.69, 9.17) is 5.73 Å². The highest BCUT2D eigenvalue weighted by atomic mass is 19.1. The second-order valence-electron chi connectivity index (χ2n) is 3.44. The van der Waals surface area contributed by atoms with Crippen molar-refractivity contribution in [3.05, 3.63) is 39.8 Å². The molecule has 7 heteroatoms. The third-order valence-corrected chi connectivity index (χ3v) is 2.34. The molecule has 0 atom stereocenters. The number of fused-ring (bicyclic) bond motifs is 1. The van der Waals surface area contributed by atoms with E-state index in [1.54, 1.807) is 0 Å². The molecule has 0 radical (unpaired) electrons. The molecule has 2 aromatic rings. The number of carbonyl (C=O) groups excluding carboxylic acids is 1. The number of ether oxygens (including phenoxy) is 1. The van der Waals surface area contributed by atoms with E-state index in [2.05, 4.69) is 9.15 Å². The van der Waals surface area contributed by atoms with E-state index in [0.29, 0.717) is 0 Å². The number of rotatable bonds is 2. The second kappa shape index (κ2) is 4.10. The van der Waals surface area contributed by atoms with Gasteiger partial charge in [-0.05, 0) is 12.1 Å². The molecule has 94 valence electrons. The normalized spacial score (nSPS) is 10.6. The lowest BCUT2D eigenvalue weighted by molar-refractivity contribution is 0.0997. The number of methoxy groups -OCH3 is 1. The number of halogens is 2. The monoisotopic (exact) mass is 255 g/mol. The summed E-state index contributed by atoms with van der Waals surface area (Å²) in [6, 6.07) is 1.85. The van der Waals surface area contributed by atoms with E-state index < -0.39 is 40.1 Å². The van der Waals surface area contributed by atoms with Gasteiger partial charge in [0.25, 0.3) is 5.91 Å². The summed E-state index contributed by atoms with van der Waals surface area (Å²) >= 11 is 0. The molecule has 0 fully saturated rings. The van der Waals surface area contributed by atoms with Crippen LogP contribution in [-0.2, 0) is 0 Å². The summed E-state index contributed by atoms with van der Waals surface area (Å²) in [5.41, 5.74) is 2.85. The first-order valence-corrected chi connectivity index (χ1v) is 4.75. The molecule has 0 aliphatic heterocycles. The van der Waals surface area contributed by atoms with Crippen molar-refractivity contribution in [2.75, 3.05) is 7.11 Å². The first-order chi connectivity index (χ1) is 8.45. The molecule has 1 aromatic carbocycles. The second-order valence-corrected chi connectivity index (χ2v) is 3.44. The average Bonchev–Trinajstić information content (AvgIpc) is 2.30. The van der Waals surface area contributed by atoms with E-state index in [1.165, 1.54) is 0 Å². The summed E-state index contributed by atoms with van der Waals surface area (Å²) in [5, 5.41) is -0.0980. The minimum absolute atomic E-state index is 0.0980. The van der Waals surface area contributed by atoms with Crippen LogP contribution in [0.2, 0.25) is 0 Å². The van der Waals surface area contributed by atoms with E-state index in [-0.39, 0.29) is 5.39 Å². The molecule has 0 unspecified atom stereocenters. The number of hydrogen-bond donors (Lipinski definition) is 1. The Morgan fingerprint density at radius 2 is 2.06 bits per heavy atom. The number of amides is 1. The summed E-state index contributed by atoms with van der Waals surface area (Å²) in [6.07, 6.45) is 0. The molecule has 5 nitrogen and oxygen atoms in total. The zero-order chi connectivity index (χ0) is 13.4. The Balaban J connectivity index is 2.90. The van der Waals surface area contributed by atoms with Crippen LogP contribution in [0.25, 0.3) is 11.0 Å². The zero-order valence-corrected chi connectivity index (χ0v) is 9.12. The van der Waals surface area contributed by atoms with Crippen molar-refractivity contribution < 1.29 is 22.7 Å². The van der Waals surface area contributed by atoms with Gasteiger partial charge in [0.2, 0.25) is 5.82 Å². The maximum atomic E-state index is 13.7. The van der Waals surface area contributed by atoms with Gasteiger partial charge in [-0.3, -0.25) is 4.79 Å².